The van der Waals surface area contributed by atoms with Crippen molar-refractivity contribution in [1.82, 2.24) is 9.78 Å². The third kappa shape index (κ3) is 2.66. The third-order valence-corrected chi connectivity index (χ3v) is 1.76. The van der Waals surface area contributed by atoms with Crippen molar-refractivity contribution >= 4 is 17.4 Å². The van der Waals surface area contributed by atoms with Crippen LogP contribution >= 0.6 is 11.6 Å². The normalized spacial score (nSPS) is 10.6. The van der Waals surface area contributed by atoms with E-state index in [1.165, 1.54) is 11.7 Å². The summed E-state index contributed by atoms with van der Waals surface area (Å²) in [4.78, 5) is 11.0. The van der Waals surface area contributed by atoms with Gasteiger partial charge in [-0.25, -0.2) is 8.78 Å². The van der Waals surface area contributed by atoms with Crippen LogP contribution in [0.2, 0.25) is 5.15 Å². The van der Waals surface area contributed by atoms with Gasteiger partial charge in [-0.1, -0.05) is 11.6 Å². The Kier molecular flexibility index (Phi) is 3.40. The molecule has 1 heterocycles. The van der Waals surface area contributed by atoms with Crippen LogP contribution in [-0.2, 0) is 7.05 Å². The van der Waals surface area contributed by atoms with Gasteiger partial charge >= 0.3 is 0 Å². The van der Waals surface area contributed by atoms with Gasteiger partial charge in [-0.15, -0.1) is 0 Å². The first-order valence-corrected chi connectivity index (χ1v) is 4.14. The smallest absolute Gasteiger partial charge is 0.255 e. The molecule has 0 saturated carbocycles. The minimum absolute atomic E-state index is 0.185. The Labute approximate surface area is 83.5 Å². The molecule has 4 nitrogen and oxygen atoms in total. The molecule has 1 aromatic rings. The quantitative estimate of drug-likeness (QED) is 0.835. The zero-order chi connectivity index (χ0) is 10.7. The van der Waals surface area contributed by atoms with Crippen molar-refractivity contribution in [2.24, 2.45) is 7.05 Å². The molecule has 14 heavy (non-hydrogen) atoms. The lowest BCUT2D eigenvalue weighted by molar-refractivity contribution is 0.163. The standard InChI is InChI=1S/C7H8ClF2N3O/c1-13-6(11-3-5(9)10)2-4(14)7(8)12-13/h2,5,11H,3H2,1H3. The van der Waals surface area contributed by atoms with Crippen molar-refractivity contribution in [3.05, 3.63) is 21.4 Å². The second-order valence-electron chi connectivity index (χ2n) is 2.58. The summed E-state index contributed by atoms with van der Waals surface area (Å²) in [6, 6.07) is 1.12. The Bertz CT molecular complexity index is 380. The van der Waals surface area contributed by atoms with E-state index in [9.17, 15) is 13.6 Å². The van der Waals surface area contributed by atoms with Crippen molar-refractivity contribution in [2.45, 2.75) is 6.43 Å². The lowest BCUT2D eigenvalue weighted by Gasteiger charge is -2.09. The van der Waals surface area contributed by atoms with Crippen LogP contribution in [0.15, 0.2) is 10.9 Å². The van der Waals surface area contributed by atoms with E-state index in [0.717, 1.165) is 6.07 Å². The maximum absolute atomic E-state index is 11.8. The fourth-order valence-electron chi connectivity index (χ4n) is 0.859. The van der Waals surface area contributed by atoms with Crippen LogP contribution in [0.4, 0.5) is 14.6 Å². The SMILES string of the molecule is Cn1nc(Cl)c(=O)cc1NCC(F)F. The van der Waals surface area contributed by atoms with Gasteiger partial charge in [-0.3, -0.25) is 9.48 Å². The van der Waals surface area contributed by atoms with Crippen LogP contribution in [0.25, 0.3) is 0 Å². The fourth-order valence-corrected chi connectivity index (χ4v) is 1.03. The van der Waals surface area contributed by atoms with Crippen molar-refractivity contribution in [2.75, 3.05) is 11.9 Å². The molecule has 7 heteroatoms. The van der Waals surface area contributed by atoms with Gasteiger partial charge in [-0.05, 0) is 0 Å². The maximum Gasteiger partial charge on any atom is 0.255 e. The number of alkyl halides is 2. The highest BCUT2D eigenvalue weighted by atomic mass is 35.5. The molecular weight excluding hydrogens is 216 g/mol. The van der Waals surface area contributed by atoms with Crippen LogP contribution in [0.5, 0.6) is 0 Å². The van der Waals surface area contributed by atoms with Gasteiger partial charge in [0.2, 0.25) is 5.43 Å². The Morgan fingerprint density at radius 1 is 1.71 bits per heavy atom. The molecule has 0 amide bonds. The fraction of sp³-hybridized carbons (Fsp3) is 0.429. The summed E-state index contributed by atoms with van der Waals surface area (Å²) in [6.45, 7) is -0.531. The second-order valence-corrected chi connectivity index (χ2v) is 2.94. The number of hydrogen-bond donors (Lipinski definition) is 1. The van der Waals surface area contributed by atoms with Crippen molar-refractivity contribution < 1.29 is 8.78 Å². The monoisotopic (exact) mass is 223 g/mol. The van der Waals surface area contributed by atoms with Crippen molar-refractivity contribution in [3.63, 3.8) is 0 Å². The van der Waals surface area contributed by atoms with Crippen LogP contribution in [-0.4, -0.2) is 22.8 Å². The van der Waals surface area contributed by atoms with E-state index in [1.54, 1.807) is 0 Å². The Balaban J connectivity index is 2.87. The molecule has 0 aromatic carbocycles. The molecule has 0 atom stereocenters. The third-order valence-electron chi connectivity index (χ3n) is 1.50. The molecule has 0 fully saturated rings. The molecular formula is C7H8ClF2N3O. The number of rotatable bonds is 3. The van der Waals surface area contributed by atoms with Crippen LogP contribution in [0, 0.1) is 0 Å². The summed E-state index contributed by atoms with van der Waals surface area (Å²) < 4.78 is 24.9. The zero-order valence-electron chi connectivity index (χ0n) is 7.30. The van der Waals surface area contributed by atoms with E-state index in [2.05, 4.69) is 10.4 Å². The van der Waals surface area contributed by atoms with Crippen LogP contribution in [0.1, 0.15) is 0 Å². The topological polar surface area (TPSA) is 46.9 Å². The van der Waals surface area contributed by atoms with Gasteiger partial charge in [-0.2, -0.15) is 5.10 Å². The van der Waals surface area contributed by atoms with Gasteiger partial charge in [0.05, 0.1) is 6.54 Å². The molecule has 0 unspecified atom stereocenters. The van der Waals surface area contributed by atoms with Gasteiger partial charge in [0.1, 0.15) is 5.82 Å². The molecule has 0 aliphatic carbocycles. The van der Waals surface area contributed by atoms with Crippen molar-refractivity contribution in [3.8, 4) is 0 Å². The zero-order valence-corrected chi connectivity index (χ0v) is 8.05. The molecule has 0 aliphatic heterocycles. The Hall–Kier alpha value is -1.17. The first kappa shape index (κ1) is 10.9. The number of halogens is 3. The summed E-state index contributed by atoms with van der Waals surface area (Å²) in [5.41, 5.74) is -0.499. The Morgan fingerprint density at radius 3 is 2.93 bits per heavy atom. The first-order chi connectivity index (χ1) is 6.50. The molecule has 1 rings (SSSR count). The van der Waals surface area contributed by atoms with E-state index in [4.69, 9.17) is 11.6 Å². The summed E-state index contributed by atoms with van der Waals surface area (Å²) >= 11 is 5.43. The second kappa shape index (κ2) is 4.36. The van der Waals surface area contributed by atoms with Crippen molar-refractivity contribution in [1.29, 1.82) is 0 Å². The number of nitrogens with zero attached hydrogens (tertiary/aromatic N) is 2. The minimum Gasteiger partial charge on any atom is -0.364 e. The highest BCUT2D eigenvalue weighted by Crippen LogP contribution is 2.04. The number of hydrogen-bond acceptors (Lipinski definition) is 3. The highest BCUT2D eigenvalue weighted by molar-refractivity contribution is 6.29. The van der Waals surface area contributed by atoms with Crippen LogP contribution in [0.3, 0.4) is 0 Å². The van der Waals surface area contributed by atoms with Gasteiger partial charge in [0.25, 0.3) is 6.43 Å². The van der Waals surface area contributed by atoms with Gasteiger partial charge in [0, 0.05) is 13.1 Å². The number of nitrogens with one attached hydrogen (secondary N) is 1. The lowest BCUT2D eigenvalue weighted by Crippen LogP contribution is -2.18. The summed E-state index contributed by atoms with van der Waals surface area (Å²) in [6.07, 6.45) is -2.49. The maximum atomic E-state index is 11.8. The number of aryl methyl sites for hydroxylation is 1. The summed E-state index contributed by atoms with van der Waals surface area (Å²) in [5, 5.41) is 5.80. The molecule has 78 valence electrons. The van der Waals surface area contributed by atoms with Gasteiger partial charge < -0.3 is 5.32 Å². The van der Waals surface area contributed by atoms with E-state index >= 15 is 0 Å². The summed E-state index contributed by atoms with van der Waals surface area (Å²) in [7, 11) is 1.50. The number of aromatic nitrogens is 2. The molecule has 1 aromatic heterocycles. The predicted molar refractivity (Wildman–Crippen MR) is 49.0 cm³/mol. The molecule has 0 aliphatic rings. The molecule has 0 spiro atoms. The Morgan fingerprint density at radius 2 is 2.36 bits per heavy atom. The minimum atomic E-state index is -2.49. The largest absolute Gasteiger partial charge is 0.364 e. The van der Waals surface area contributed by atoms with E-state index < -0.39 is 18.4 Å². The van der Waals surface area contributed by atoms with E-state index in [-0.39, 0.29) is 11.0 Å². The lowest BCUT2D eigenvalue weighted by atomic mass is 10.5. The van der Waals surface area contributed by atoms with Crippen LogP contribution < -0.4 is 10.7 Å². The van der Waals surface area contributed by atoms with E-state index in [1.807, 2.05) is 0 Å². The molecule has 0 bridgehead atoms. The highest BCUT2D eigenvalue weighted by Gasteiger charge is 2.06. The van der Waals surface area contributed by atoms with E-state index in [0.29, 0.717) is 0 Å². The average Bonchev–Trinajstić information content (AvgIpc) is 2.09. The first-order valence-electron chi connectivity index (χ1n) is 3.76. The molecule has 0 saturated heterocycles. The van der Waals surface area contributed by atoms with Gasteiger partial charge in [0.15, 0.2) is 5.15 Å². The average molecular weight is 224 g/mol. The molecule has 1 N–H and O–H groups in total. The molecule has 0 radical (unpaired) electrons. The predicted octanol–water partition coefficient (Wildman–Crippen LogP) is 1.11. The summed E-state index contributed by atoms with van der Waals surface area (Å²) in [5.74, 6) is 0.208. The number of anilines is 1.